The zero-order chi connectivity index (χ0) is 24.8. The number of ether oxygens (including phenoxy) is 4. The topological polar surface area (TPSA) is 94.5 Å². The van der Waals surface area contributed by atoms with Gasteiger partial charge in [0, 0.05) is 19.2 Å². The quantitative estimate of drug-likeness (QED) is 0.236. The van der Waals surface area contributed by atoms with Crippen LogP contribution in [0.15, 0.2) is 48.0 Å². The second-order valence-corrected chi connectivity index (χ2v) is 8.47. The number of Topliss-reactive ketones (excluding diaryl/α,β-unsaturated/α-hetero) is 1. The molecule has 0 radical (unpaired) electrons. The lowest BCUT2D eigenvalue weighted by molar-refractivity contribution is -0.140. The highest BCUT2D eigenvalue weighted by atomic mass is 16.6. The van der Waals surface area contributed by atoms with Gasteiger partial charge in [-0.05, 0) is 42.3 Å². The maximum atomic E-state index is 13.1. The van der Waals surface area contributed by atoms with Crippen LogP contribution in [0.2, 0.25) is 0 Å². The van der Waals surface area contributed by atoms with E-state index in [4.69, 9.17) is 18.9 Å². The molecule has 4 rings (SSSR count). The van der Waals surface area contributed by atoms with Crippen molar-refractivity contribution in [1.29, 1.82) is 0 Å². The fourth-order valence-corrected chi connectivity index (χ4v) is 4.28. The monoisotopic (exact) mass is 481 g/mol. The first-order valence-corrected chi connectivity index (χ1v) is 11.9. The number of hydrogen-bond donors (Lipinski definition) is 1. The van der Waals surface area contributed by atoms with Gasteiger partial charge >= 0.3 is 0 Å². The number of carbonyl (C=O) groups is 2. The van der Waals surface area contributed by atoms with Crippen LogP contribution in [0.4, 0.5) is 0 Å². The Hall–Kier alpha value is -3.52. The van der Waals surface area contributed by atoms with Gasteiger partial charge in [-0.15, -0.1) is 0 Å². The molecule has 2 aromatic rings. The number of hydrogen-bond acceptors (Lipinski definition) is 7. The molecule has 1 fully saturated rings. The molecular weight excluding hydrogens is 450 g/mol. The van der Waals surface area contributed by atoms with Crippen LogP contribution in [0, 0.1) is 0 Å². The first kappa shape index (κ1) is 24.6. The van der Waals surface area contributed by atoms with E-state index in [9.17, 15) is 14.7 Å². The minimum Gasteiger partial charge on any atom is -0.507 e. The zero-order valence-electron chi connectivity index (χ0n) is 20.1. The van der Waals surface area contributed by atoms with Gasteiger partial charge in [-0.25, -0.2) is 0 Å². The Morgan fingerprint density at radius 2 is 1.77 bits per heavy atom. The fourth-order valence-electron chi connectivity index (χ4n) is 4.28. The number of carbonyl (C=O) groups excluding carboxylic acids is 2. The van der Waals surface area contributed by atoms with Crippen molar-refractivity contribution in [3.8, 4) is 17.2 Å². The molecule has 8 nitrogen and oxygen atoms in total. The molecule has 0 bridgehead atoms. The first-order chi connectivity index (χ1) is 17.0. The molecule has 1 amide bonds. The lowest BCUT2D eigenvalue weighted by atomic mass is 9.95. The number of likely N-dealkylation sites (tertiary alicyclic amines) is 1. The Morgan fingerprint density at radius 3 is 2.49 bits per heavy atom. The summed E-state index contributed by atoms with van der Waals surface area (Å²) in [5, 5.41) is 11.2. The predicted molar refractivity (Wildman–Crippen MR) is 130 cm³/mol. The minimum atomic E-state index is -0.757. The van der Waals surface area contributed by atoms with Crippen molar-refractivity contribution >= 4 is 17.4 Å². The second kappa shape index (κ2) is 11.3. The number of aliphatic hydroxyl groups excluding tert-OH is 1. The summed E-state index contributed by atoms with van der Waals surface area (Å²) in [5.74, 6) is 0.0922. The molecule has 2 heterocycles. The standard InChI is InChI=1S/C27H31NO7/c1-3-4-5-13-33-20-9-6-18(7-10-20)24-23(26(30)27(31)28(24)12-14-32-2)25(29)19-8-11-21-22(17-19)35-16-15-34-21/h6-11,17,24,29H,3-5,12-16H2,1-2H3. The number of benzene rings is 2. The number of fused-ring (bicyclic) bond motifs is 1. The highest BCUT2D eigenvalue weighted by Crippen LogP contribution is 2.41. The molecule has 1 N–H and O–H groups in total. The number of ketones is 1. The molecule has 35 heavy (non-hydrogen) atoms. The molecule has 1 saturated heterocycles. The molecule has 186 valence electrons. The summed E-state index contributed by atoms with van der Waals surface area (Å²) in [6.45, 7) is 4.07. The smallest absolute Gasteiger partial charge is 0.295 e. The van der Waals surface area contributed by atoms with Crippen LogP contribution >= 0.6 is 0 Å². The summed E-state index contributed by atoms with van der Waals surface area (Å²) in [7, 11) is 1.53. The van der Waals surface area contributed by atoms with Crippen LogP contribution in [0.3, 0.4) is 0 Å². The summed E-state index contributed by atoms with van der Waals surface area (Å²) in [6.07, 6.45) is 3.20. The Kier molecular flexibility index (Phi) is 7.92. The average Bonchev–Trinajstić information content (AvgIpc) is 3.14. The number of aliphatic hydroxyl groups is 1. The molecule has 0 spiro atoms. The lowest BCUT2D eigenvalue weighted by Crippen LogP contribution is -2.32. The third kappa shape index (κ3) is 5.27. The summed E-state index contributed by atoms with van der Waals surface area (Å²) in [4.78, 5) is 27.5. The van der Waals surface area contributed by atoms with E-state index in [-0.39, 0.29) is 24.5 Å². The van der Waals surface area contributed by atoms with Crippen LogP contribution < -0.4 is 14.2 Å². The Balaban J connectivity index is 1.69. The molecule has 2 aliphatic heterocycles. The summed E-state index contributed by atoms with van der Waals surface area (Å²) < 4.78 is 22.1. The van der Waals surface area contributed by atoms with E-state index in [0.717, 1.165) is 19.3 Å². The maximum Gasteiger partial charge on any atom is 0.295 e. The summed E-state index contributed by atoms with van der Waals surface area (Å²) in [6, 6.07) is 11.5. The van der Waals surface area contributed by atoms with Gasteiger partial charge in [0.2, 0.25) is 0 Å². The average molecular weight is 482 g/mol. The number of amides is 1. The van der Waals surface area contributed by atoms with Crippen LogP contribution in [0.25, 0.3) is 5.76 Å². The van der Waals surface area contributed by atoms with Crippen LogP contribution in [0.1, 0.15) is 43.4 Å². The second-order valence-electron chi connectivity index (χ2n) is 8.47. The van der Waals surface area contributed by atoms with Gasteiger partial charge < -0.3 is 29.0 Å². The molecule has 1 unspecified atom stereocenters. The predicted octanol–water partition coefficient (Wildman–Crippen LogP) is 4.09. The van der Waals surface area contributed by atoms with Gasteiger partial charge in [0.05, 0.1) is 24.8 Å². The highest BCUT2D eigenvalue weighted by Gasteiger charge is 2.46. The zero-order valence-corrected chi connectivity index (χ0v) is 20.1. The molecular formula is C27H31NO7. The van der Waals surface area contributed by atoms with Gasteiger partial charge in [-0.1, -0.05) is 31.9 Å². The van der Waals surface area contributed by atoms with Crippen LogP contribution in [-0.4, -0.2) is 61.8 Å². The highest BCUT2D eigenvalue weighted by molar-refractivity contribution is 6.46. The van der Waals surface area contributed by atoms with Crippen molar-refractivity contribution in [2.75, 3.05) is 40.1 Å². The van der Waals surface area contributed by atoms with E-state index < -0.39 is 17.7 Å². The Bertz CT molecular complexity index is 1090. The van der Waals surface area contributed by atoms with Gasteiger partial charge in [0.25, 0.3) is 11.7 Å². The summed E-state index contributed by atoms with van der Waals surface area (Å²) in [5.41, 5.74) is 1.10. The molecule has 1 atom stereocenters. The van der Waals surface area contributed by atoms with Gasteiger partial charge in [-0.3, -0.25) is 9.59 Å². The number of unbranched alkanes of at least 4 members (excludes halogenated alkanes) is 2. The van der Waals surface area contributed by atoms with Crippen LogP contribution in [-0.2, 0) is 14.3 Å². The van der Waals surface area contributed by atoms with Crippen molar-refractivity contribution < 1.29 is 33.6 Å². The van der Waals surface area contributed by atoms with Crippen molar-refractivity contribution in [3.63, 3.8) is 0 Å². The van der Waals surface area contributed by atoms with Gasteiger partial charge in [0.15, 0.2) is 11.5 Å². The Labute approximate surface area is 205 Å². The largest absolute Gasteiger partial charge is 0.507 e. The Morgan fingerprint density at radius 1 is 1.03 bits per heavy atom. The number of methoxy groups -OCH3 is 1. The van der Waals surface area contributed by atoms with Crippen molar-refractivity contribution in [1.82, 2.24) is 4.90 Å². The number of nitrogens with zero attached hydrogens (tertiary/aromatic N) is 1. The fraction of sp³-hybridized carbons (Fsp3) is 0.407. The first-order valence-electron chi connectivity index (χ1n) is 11.9. The van der Waals surface area contributed by atoms with Crippen molar-refractivity contribution in [3.05, 3.63) is 59.2 Å². The van der Waals surface area contributed by atoms with Crippen molar-refractivity contribution in [2.24, 2.45) is 0 Å². The summed E-state index contributed by atoms with van der Waals surface area (Å²) >= 11 is 0. The van der Waals surface area contributed by atoms with E-state index in [0.29, 0.717) is 48.2 Å². The number of rotatable bonds is 10. The minimum absolute atomic E-state index is 0.0272. The van der Waals surface area contributed by atoms with E-state index in [1.165, 1.54) is 12.0 Å². The van der Waals surface area contributed by atoms with Crippen molar-refractivity contribution in [2.45, 2.75) is 32.2 Å². The van der Waals surface area contributed by atoms with E-state index >= 15 is 0 Å². The molecule has 0 aromatic heterocycles. The van der Waals surface area contributed by atoms with Crippen LogP contribution in [0.5, 0.6) is 17.2 Å². The maximum absolute atomic E-state index is 13.1. The molecule has 8 heteroatoms. The SMILES string of the molecule is CCCCCOc1ccc(C2C(=C(O)c3ccc4c(c3)OCCO4)C(=O)C(=O)N2CCOC)cc1. The molecule has 2 aliphatic rings. The molecule has 0 saturated carbocycles. The normalized spacial score (nSPS) is 18.7. The molecule has 0 aliphatic carbocycles. The lowest BCUT2D eigenvalue weighted by Gasteiger charge is -2.25. The van der Waals surface area contributed by atoms with E-state index in [1.807, 2.05) is 24.3 Å². The van der Waals surface area contributed by atoms with E-state index in [2.05, 4.69) is 6.92 Å². The molecule has 2 aromatic carbocycles. The van der Waals surface area contributed by atoms with Gasteiger partial charge in [-0.2, -0.15) is 0 Å². The third-order valence-corrected chi connectivity index (χ3v) is 6.10. The van der Waals surface area contributed by atoms with Gasteiger partial charge in [0.1, 0.15) is 24.7 Å². The van der Waals surface area contributed by atoms with E-state index in [1.54, 1.807) is 18.2 Å². The third-order valence-electron chi connectivity index (χ3n) is 6.10.